The van der Waals surface area contributed by atoms with Crippen molar-refractivity contribution in [1.29, 1.82) is 0 Å². The molecule has 1 atom stereocenters. The molecule has 0 aliphatic heterocycles. The second-order valence-electron chi connectivity index (χ2n) is 5.62. The average Bonchev–Trinajstić information content (AvgIpc) is 2.50. The fourth-order valence-electron chi connectivity index (χ4n) is 2.21. The van der Waals surface area contributed by atoms with Crippen molar-refractivity contribution in [1.82, 2.24) is 15.3 Å². The molecule has 0 spiro atoms. The van der Waals surface area contributed by atoms with Crippen LogP contribution in [-0.4, -0.2) is 33.5 Å². The van der Waals surface area contributed by atoms with Gasteiger partial charge in [0.2, 0.25) is 0 Å². The summed E-state index contributed by atoms with van der Waals surface area (Å²) in [4.78, 5) is 31.7. The third-order valence-electron chi connectivity index (χ3n) is 3.30. The molecule has 1 heterocycles. The molecule has 2 rings (SSSR count). The summed E-state index contributed by atoms with van der Waals surface area (Å²) in [5.41, 5.74) is 1.53. The van der Waals surface area contributed by atoms with E-state index in [1.807, 2.05) is 32.0 Å². The van der Waals surface area contributed by atoms with Crippen LogP contribution in [0, 0.1) is 11.8 Å². The topological polar surface area (TPSA) is 92.2 Å². The van der Waals surface area contributed by atoms with E-state index >= 15 is 0 Å². The number of hydrogen-bond acceptors (Lipinski definition) is 4. The third kappa shape index (κ3) is 4.00. The number of amides is 1. The summed E-state index contributed by atoms with van der Waals surface area (Å²) < 4.78 is 0. The molecule has 0 aliphatic rings. The van der Waals surface area contributed by atoms with Crippen molar-refractivity contribution in [2.45, 2.75) is 20.3 Å². The first-order valence-electron chi connectivity index (χ1n) is 7.20. The molecule has 0 radical (unpaired) electrons. The minimum absolute atomic E-state index is 0.0842. The number of benzene rings is 1. The largest absolute Gasteiger partial charge is 0.481 e. The summed E-state index contributed by atoms with van der Waals surface area (Å²) >= 11 is 0. The van der Waals surface area contributed by atoms with Crippen LogP contribution in [0.15, 0.2) is 30.5 Å². The van der Waals surface area contributed by atoms with E-state index in [0.717, 1.165) is 0 Å². The smallest absolute Gasteiger partial charge is 0.308 e. The van der Waals surface area contributed by atoms with Gasteiger partial charge in [0.15, 0.2) is 0 Å². The Morgan fingerprint density at radius 3 is 2.55 bits per heavy atom. The summed E-state index contributed by atoms with van der Waals surface area (Å²) in [5.74, 6) is -1.66. The lowest BCUT2D eigenvalue weighted by molar-refractivity contribution is -0.142. The van der Waals surface area contributed by atoms with Crippen LogP contribution < -0.4 is 5.32 Å². The highest BCUT2D eigenvalue weighted by Crippen LogP contribution is 2.12. The fraction of sp³-hybridized carbons (Fsp3) is 0.375. The number of nitrogens with one attached hydrogen (secondary N) is 1. The second kappa shape index (κ2) is 6.98. The summed E-state index contributed by atoms with van der Waals surface area (Å²) in [6.45, 7) is 3.99. The Kier molecular flexibility index (Phi) is 5.04. The number of carboxylic acid groups (broad SMARTS) is 1. The molecule has 1 amide bonds. The number of carbonyl (C=O) groups excluding carboxylic acids is 1. The van der Waals surface area contributed by atoms with Gasteiger partial charge in [0.05, 0.1) is 23.1 Å². The van der Waals surface area contributed by atoms with Gasteiger partial charge in [0.25, 0.3) is 5.91 Å². The summed E-state index contributed by atoms with van der Waals surface area (Å²) in [7, 11) is 0. The van der Waals surface area contributed by atoms with Crippen molar-refractivity contribution in [2.24, 2.45) is 11.8 Å². The predicted octanol–water partition coefficient (Wildman–Crippen LogP) is 2.11. The van der Waals surface area contributed by atoms with Crippen LogP contribution in [0.3, 0.4) is 0 Å². The van der Waals surface area contributed by atoms with Crippen LogP contribution in [0.1, 0.15) is 30.8 Å². The molecule has 2 aromatic rings. The maximum Gasteiger partial charge on any atom is 0.308 e. The van der Waals surface area contributed by atoms with E-state index in [9.17, 15) is 9.59 Å². The number of fused-ring (bicyclic) bond motifs is 1. The van der Waals surface area contributed by atoms with Gasteiger partial charge in [-0.1, -0.05) is 26.0 Å². The molecule has 116 valence electrons. The molecule has 1 aromatic heterocycles. The second-order valence-corrected chi connectivity index (χ2v) is 5.62. The Morgan fingerprint density at radius 2 is 1.91 bits per heavy atom. The first kappa shape index (κ1) is 15.9. The Morgan fingerprint density at radius 1 is 1.23 bits per heavy atom. The number of para-hydroxylation sites is 2. The number of carboxylic acids is 1. The summed E-state index contributed by atoms with van der Waals surface area (Å²) in [6, 6.07) is 7.26. The number of aliphatic carboxylic acids is 1. The highest BCUT2D eigenvalue weighted by Gasteiger charge is 2.20. The molecular weight excluding hydrogens is 282 g/mol. The number of hydrogen-bond donors (Lipinski definition) is 2. The maximum absolute atomic E-state index is 12.1. The number of carbonyl (C=O) groups is 2. The number of nitrogens with zero attached hydrogens (tertiary/aromatic N) is 2. The Bertz CT molecular complexity index is 685. The van der Waals surface area contributed by atoms with Crippen molar-refractivity contribution in [3.63, 3.8) is 0 Å². The molecule has 2 N–H and O–H groups in total. The fourth-order valence-corrected chi connectivity index (χ4v) is 2.21. The molecule has 1 aromatic carbocycles. The van der Waals surface area contributed by atoms with Crippen molar-refractivity contribution < 1.29 is 14.7 Å². The Balaban J connectivity index is 2.05. The molecular formula is C16H19N3O3. The van der Waals surface area contributed by atoms with Gasteiger partial charge in [-0.2, -0.15) is 0 Å². The van der Waals surface area contributed by atoms with E-state index < -0.39 is 17.8 Å². The molecule has 6 nitrogen and oxygen atoms in total. The molecule has 6 heteroatoms. The van der Waals surface area contributed by atoms with Crippen molar-refractivity contribution in [2.75, 3.05) is 6.54 Å². The Labute approximate surface area is 128 Å². The van der Waals surface area contributed by atoms with E-state index in [4.69, 9.17) is 5.11 Å². The predicted molar refractivity (Wildman–Crippen MR) is 82.5 cm³/mol. The minimum Gasteiger partial charge on any atom is -0.481 e. The Hall–Kier alpha value is -2.50. The highest BCUT2D eigenvalue weighted by molar-refractivity contribution is 5.93. The van der Waals surface area contributed by atoms with Crippen LogP contribution in [0.4, 0.5) is 0 Å². The van der Waals surface area contributed by atoms with Gasteiger partial charge in [-0.15, -0.1) is 0 Å². The monoisotopic (exact) mass is 301 g/mol. The molecule has 0 bridgehead atoms. The SMILES string of the molecule is CC(C)CC(CNC(=O)c1cnc2ccccc2n1)C(=O)O. The minimum atomic E-state index is -0.904. The molecule has 0 fully saturated rings. The van der Waals surface area contributed by atoms with Gasteiger partial charge in [0.1, 0.15) is 5.69 Å². The van der Waals surface area contributed by atoms with Crippen molar-refractivity contribution >= 4 is 22.9 Å². The zero-order valence-electron chi connectivity index (χ0n) is 12.6. The number of rotatable bonds is 6. The van der Waals surface area contributed by atoms with Crippen LogP contribution >= 0.6 is 0 Å². The van der Waals surface area contributed by atoms with Crippen LogP contribution in [0.25, 0.3) is 11.0 Å². The first-order chi connectivity index (χ1) is 10.5. The highest BCUT2D eigenvalue weighted by atomic mass is 16.4. The normalized spacial score (nSPS) is 12.3. The van der Waals surface area contributed by atoms with Gasteiger partial charge in [-0.25, -0.2) is 4.98 Å². The molecule has 0 aliphatic carbocycles. The van der Waals surface area contributed by atoms with Gasteiger partial charge >= 0.3 is 5.97 Å². The lowest BCUT2D eigenvalue weighted by Gasteiger charge is -2.15. The zero-order chi connectivity index (χ0) is 16.1. The van der Waals surface area contributed by atoms with Crippen molar-refractivity contribution in [3.8, 4) is 0 Å². The first-order valence-corrected chi connectivity index (χ1v) is 7.20. The van der Waals surface area contributed by atoms with E-state index in [1.54, 1.807) is 6.07 Å². The average molecular weight is 301 g/mol. The van der Waals surface area contributed by atoms with Crippen LogP contribution in [-0.2, 0) is 4.79 Å². The molecule has 22 heavy (non-hydrogen) atoms. The number of aromatic nitrogens is 2. The zero-order valence-corrected chi connectivity index (χ0v) is 12.6. The van der Waals surface area contributed by atoms with Crippen LogP contribution in [0.2, 0.25) is 0 Å². The van der Waals surface area contributed by atoms with E-state index in [2.05, 4.69) is 15.3 Å². The van der Waals surface area contributed by atoms with Gasteiger partial charge < -0.3 is 10.4 Å². The maximum atomic E-state index is 12.1. The van der Waals surface area contributed by atoms with Gasteiger partial charge in [-0.05, 0) is 24.5 Å². The quantitative estimate of drug-likeness (QED) is 0.852. The van der Waals surface area contributed by atoms with E-state index in [-0.39, 0.29) is 18.2 Å². The van der Waals surface area contributed by atoms with E-state index in [0.29, 0.717) is 17.5 Å². The lowest BCUT2D eigenvalue weighted by Crippen LogP contribution is -2.34. The van der Waals surface area contributed by atoms with E-state index in [1.165, 1.54) is 6.20 Å². The van der Waals surface area contributed by atoms with Gasteiger partial charge in [0, 0.05) is 6.54 Å². The third-order valence-corrected chi connectivity index (χ3v) is 3.30. The molecule has 0 saturated carbocycles. The summed E-state index contributed by atoms with van der Waals surface area (Å²) in [5, 5.41) is 11.8. The molecule has 1 unspecified atom stereocenters. The van der Waals surface area contributed by atoms with Gasteiger partial charge in [-0.3, -0.25) is 14.6 Å². The summed E-state index contributed by atoms with van der Waals surface area (Å²) in [6.07, 6.45) is 1.91. The lowest BCUT2D eigenvalue weighted by atomic mass is 9.97. The van der Waals surface area contributed by atoms with Crippen LogP contribution in [0.5, 0.6) is 0 Å². The van der Waals surface area contributed by atoms with Crippen molar-refractivity contribution in [3.05, 3.63) is 36.2 Å². The molecule has 0 saturated heterocycles. The standard InChI is InChI=1S/C16H19N3O3/c1-10(2)7-11(16(21)22)8-18-15(20)14-9-17-12-5-3-4-6-13(12)19-14/h3-6,9-11H,7-8H2,1-2H3,(H,18,20)(H,21,22).